The van der Waals surface area contributed by atoms with Gasteiger partial charge in [-0.1, -0.05) is 24.3 Å². The minimum absolute atomic E-state index is 0.163. The maximum atomic E-state index is 12.3. The van der Waals surface area contributed by atoms with Gasteiger partial charge in [0.05, 0.1) is 22.8 Å². The Hall–Kier alpha value is -2.34. The summed E-state index contributed by atoms with van der Waals surface area (Å²) in [6, 6.07) is 12.8. The molecule has 0 bridgehead atoms. The molecule has 0 aromatic heterocycles. The zero-order valence-corrected chi connectivity index (χ0v) is 13.2. The fraction of sp³-hybridized carbons (Fsp3) is 0.188. The number of carbonyl (C=O) groups is 1. The van der Waals surface area contributed by atoms with E-state index in [4.69, 9.17) is 4.74 Å². The molecule has 0 fully saturated rings. The molecule has 0 saturated heterocycles. The first-order chi connectivity index (χ1) is 10.4. The average Bonchev–Trinajstić information content (AvgIpc) is 2.50. The summed E-state index contributed by atoms with van der Waals surface area (Å²) in [7, 11) is -3.69. The zero-order chi connectivity index (χ0) is 16.2. The van der Waals surface area contributed by atoms with Crippen LogP contribution in [0.15, 0.2) is 53.4 Å². The van der Waals surface area contributed by atoms with Crippen LogP contribution in [0, 0.1) is 6.92 Å². The predicted molar refractivity (Wildman–Crippen MR) is 84.4 cm³/mol. The van der Waals surface area contributed by atoms with Crippen LogP contribution < -0.4 is 4.72 Å². The van der Waals surface area contributed by atoms with Crippen LogP contribution in [0.5, 0.6) is 0 Å². The smallest absolute Gasteiger partial charge is 0.338 e. The van der Waals surface area contributed by atoms with Crippen LogP contribution in [0.25, 0.3) is 0 Å². The van der Waals surface area contributed by atoms with Crippen LogP contribution in [0.2, 0.25) is 0 Å². The monoisotopic (exact) mass is 319 g/mol. The highest BCUT2D eigenvalue weighted by molar-refractivity contribution is 7.92. The van der Waals surface area contributed by atoms with E-state index in [2.05, 4.69) is 4.72 Å². The van der Waals surface area contributed by atoms with Crippen molar-refractivity contribution in [3.63, 3.8) is 0 Å². The molecular formula is C16H17NO4S. The number of benzene rings is 2. The van der Waals surface area contributed by atoms with Gasteiger partial charge < -0.3 is 4.74 Å². The van der Waals surface area contributed by atoms with Crippen molar-refractivity contribution in [2.75, 3.05) is 11.3 Å². The molecule has 0 heterocycles. The quantitative estimate of drug-likeness (QED) is 0.860. The van der Waals surface area contributed by atoms with E-state index >= 15 is 0 Å². The van der Waals surface area contributed by atoms with Gasteiger partial charge in [-0.2, -0.15) is 0 Å². The van der Waals surface area contributed by atoms with Crippen molar-refractivity contribution in [2.24, 2.45) is 0 Å². The molecule has 0 saturated carbocycles. The number of anilines is 1. The Balaban J connectivity index is 2.33. The largest absolute Gasteiger partial charge is 0.462 e. The van der Waals surface area contributed by atoms with Gasteiger partial charge in [0.2, 0.25) is 0 Å². The van der Waals surface area contributed by atoms with Crippen LogP contribution in [-0.2, 0) is 14.8 Å². The minimum atomic E-state index is -3.69. The van der Waals surface area contributed by atoms with E-state index in [1.807, 2.05) is 0 Å². The molecular weight excluding hydrogens is 302 g/mol. The van der Waals surface area contributed by atoms with E-state index in [0.717, 1.165) is 0 Å². The minimum Gasteiger partial charge on any atom is -0.462 e. The Morgan fingerprint density at radius 1 is 1.14 bits per heavy atom. The van der Waals surface area contributed by atoms with Crippen LogP contribution >= 0.6 is 0 Å². The Kier molecular flexibility index (Phi) is 4.82. The third-order valence-electron chi connectivity index (χ3n) is 3.05. The number of rotatable bonds is 5. The van der Waals surface area contributed by atoms with Crippen molar-refractivity contribution in [1.29, 1.82) is 0 Å². The van der Waals surface area contributed by atoms with Crippen molar-refractivity contribution < 1.29 is 17.9 Å². The third kappa shape index (κ3) is 3.65. The Bertz CT molecular complexity index is 770. The first-order valence-electron chi connectivity index (χ1n) is 6.79. The number of hydrogen-bond acceptors (Lipinski definition) is 4. The van der Waals surface area contributed by atoms with Crippen LogP contribution in [-0.4, -0.2) is 21.0 Å². The molecule has 0 spiro atoms. The highest BCUT2D eigenvalue weighted by Gasteiger charge is 2.16. The molecule has 22 heavy (non-hydrogen) atoms. The maximum absolute atomic E-state index is 12.3. The number of carbonyl (C=O) groups excluding carboxylic acids is 1. The molecule has 116 valence electrons. The summed E-state index contributed by atoms with van der Waals surface area (Å²) in [6.45, 7) is 3.74. The van der Waals surface area contributed by atoms with Gasteiger partial charge >= 0.3 is 5.97 Å². The number of sulfonamides is 1. The molecule has 0 aliphatic carbocycles. The van der Waals surface area contributed by atoms with Crippen molar-refractivity contribution in [1.82, 2.24) is 0 Å². The summed E-state index contributed by atoms with van der Waals surface area (Å²) in [4.78, 5) is 11.9. The Morgan fingerprint density at radius 2 is 1.82 bits per heavy atom. The summed E-state index contributed by atoms with van der Waals surface area (Å²) in [5.41, 5.74) is 1.38. The number of aryl methyl sites for hydroxylation is 1. The summed E-state index contributed by atoms with van der Waals surface area (Å²) in [6.07, 6.45) is 0. The average molecular weight is 319 g/mol. The molecule has 0 atom stereocenters. The van der Waals surface area contributed by atoms with E-state index < -0.39 is 16.0 Å². The van der Waals surface area contributed by atoms with Gasteiger partial charge in [-0.05, 0) is 43.7 Å². The molecule has 0 radical (unpaired) electrons. The zero-order valence-electron chi connectivity index (χ0n) is 12.4. The standard InChI is InChI=1S/C16H17NO4S/c1-3-21-16(18)13-10-9-12(2)15(11-13)17-22(19,20)14-7-5-4-6-8-14/h4-11,17H,3H2,1-2H3. The van der Waals surface area contributed by atoms with Crippen molar-refractivity contribution in [2.45, 2.75) is 18.7 Å². The first-order valence-corrected chi connectivity index (χ1v) is 8.28. The van der Waals surface area contributed by atoms with Gasteiger partial charge in [0.25, 0.3) is 10.0 Å². The van der Waals surface area contributed by atoms with Crippen molar-refractivity contribution in [3.8, 4) is 0 Å². The molecule has 0 aliphatic rings. The lowest BCUT2D eigenvalue weighted by atomic mass is 10.1. The summed E-state index contributed by atoms with van der Waals surface area (Å²) < 4.78 is 32.1. The third-order valence-corrected chi connectivity index (χ3v) is 4.43. The summed E-state index contributed by atoms with van der Waals surface area (Å²) in [5, 5.41) is 0. The molecule has 2 aromatic rings. The molecule has 5 nitrogen and oxygen atoms in total. The van der Waals surface area contributed by atoms with Gasteiger partial charge in [0, 0.05) is 0 Å². The second kappa shape index (κ2) is 6.62. The van der Waals surface area contributed by atoms with Gasteiger partial charge in [-0.25, -0.2) is 13.2 Å². The Morgan fingerprint density at radius 3 is 2.45 bits per heavy atom. The predicted octanol–water partition coefficient (Wildman–Crippen LogP) is 2.97. The molecule has 0 unspecified atom stereocenters. The highest BCUT2D eigenvalue weighted by Crippen LogP contribution is 2.21. The van der Waals surface area contributed by atoms with Crippen molar-refractivity contribution >= 4 is 21.7 Å². The van der Waals surface area contributed by atoms with E-state index in [0.29, 0.717) is 16.8 Å². The SMILES string of the molecule is CCOC(=O)c1ccc(C)c(NS(=O)(=O)c2ccccc2)c1. The molecule has 0 amide bonds. The summed E-state index contributed by atoms with van der Waals surface area (Å²) >= 11 is 0. The number of hydrogen-bond donors (Lipinski definition) is 1. The van der Waals surface area contributed by atoms with Crippen LogP contribution in [0.4, 0.5) is 5.69 Å². The number of nitrogens with one attached hydrogen (secondary N) is 1. The number of ether oxygens (including phenoxy) is 1. The Labute approximate surface area is 130 Å². The van der Waals surface area contributed by atoms with Crippen molar-refractivity contribution in [3.05, 3.63) is 59.7 Å². The van der Waals surface area contributed by atoms with E-state index in [1.54, 1.807) is 44.2 Å². The fourth-order valence-corrected chi connectivity index (χ4v) is 3.02. The van der Waals surface area contributed by atoms with Crippen LogP contribution in [0.1, 0.15) is 22.8 Å². The van der Waals surface area contributed by atoms with E-state index in [1.165, 1.54) is 18.2 Å². The van der Waals surface area contributed by atoms with Gasteiger partial charge in [0.1, 0.15) is 0 Å². The highest BCUT2D eigenvalue weighted by atomic mass is 32.2. The lowest BCUT2D eigenvalue weighted by Gasteiger charge is -2.12. The molecule has 6 heteroatoms. The van der Waals surface area contributed by atoms with Crippen LogP contribution in [0.3, 0.4) is 0 Å². The van der Waals surface area contributed by atoms with Gasteiger partial charge in [-0.3, -0.25) is 4.72 Å². The fourth-order valence-electron chi connectivity index (χ4n) is 1.88. The first kappa shape index (κ1) is 16.0. The summed E-state index contributed by atoms with van der Waals surface area (Å²) in [5.74, 6) is -0.484. The number of esters is 1. The second-order valence-electron chi connectivity index (χ2n) is 4.67. The van der Waals surface area contributed by atoms with Gasteiger partial charge in [-0.15, -0.1) is 0 Å². The maximum Gasteiger partial charge on any atom is 0.338 e. The lowest BCUT2D eigenvalue weighted by Crippen LogP contribution is -2.14. The second-order valence-corrected chi connectivity index (χ2v) is 6.35. The molecule has 2 aromatic carbocycles. The van der Waals surface area contributed by atoms with E-state index in [9.17, 15) is 13.2 Å². The molecule has 1 N–H and O–H groups in total. The van der Waals surface area contributed by atoms with E-state index in [-0.39, 0.29) is 11.5 Å². The lowest BCUT2D eigenvalue weighted by molar-refractivity contribution is 0.0526. The molecule has 0 aliphatic heterocycles. The van der Waals surface area contributed by atoms with Gasteiger partial charge in [0.15, 0.2) is 0 Å². The molecule has 2 rings (SSSR count). The topological polar surface area (TPSA) is 72.5 Å². The normalized spacial score (nSPS) is 11.0.